The summed E-state index contributed by atoms with van der Waals surface area (Å²) in [4.78, 5) is 10.2. The second-order valence-corrected chi connectivity index (χ2v) is 1.45. The van der Waals surface area contributed by atoms with Crippen molar-refractivity contribution in [3.05, 3.63) is 12.7 Å². The molecule has 0 aromatic heterocycles. The van der Waals surface area contributed by atoms with Gasteiger partial charge in [-0.2, -0.15) is 12.6 Å². The van der Waals surface area contributed by atoms with E-state index in [0.717, 1.165) is 0 Å². The predicted molar refractivity (Wildman–Crippen MR) is 43.6 cm³/mol. The van der Waals surface area contributed by atoms with Gasteiger partial charge in [0.05, 0.1) is 5.75 Å². The Bertz CT molecular complexity index is 95.0. The van der Waals surface area contributed by atoms with Crippen LogP contribution in [0.4, 0.5) is 0 Å². The van der Waals surface area contributed by atoms with Crippen LogP contribution in [0.15, 0.2) is 12.7 Å². The summed E-state index contributed by atoms with van der Waals surface area (Å²) >= 11 is 3.68. The van der Waals surface area contributed by atoms with Crippen LogP contribution in [0.1, 0.15) is 0 Å². The van der Waals surface area contributed by atoms with E-state index in [9.17, 15) is 4.79 Å². The Balaban J connectivity index is 0. The molecule has 0 bridgehead atoms. The molecule has 9 heavy (non-hydrogen) atoms. The Labute approximate surface area is 77.0 Å². The first kappa shape index (κ1) is 12.1. The molecule has 0 saturated carbocycles. The Morgan fingerprint density at radius 3 is 2.67 bits per heavy atom. The van der Waals surface area contributed by atoms with Gasteiger partial charge in [-0.3, -0.25) is 4.79 Å². The average molecular weight is 253 g/mol. The first-order valence-electron chi connectivity index (χ1n) is 2.18. The zero-order chi connectivity index (χ0) is 6.41. The molecule has 0 unspecified atom stereocenters. The molecule has 0 aromatic rings. The van der Waals surface area contributed by atoms with E-state index in [1.165, 1.54) is 6.08 Å². The van der Waals surface area contributed by atoms with Crippen molar-refractivity contribution in [2.24, 2.45) is 0 Å². The summed E-state index contributed by atoms with van der Waals surface area (Å²) in [5, 5.41) is 0. The molecule has 0 fully saturated rings. The van der Waals surface area contributed by atoms with Crippen molar-refractivity contribution in [2.45, 2.75) is 0 Å². The van der Waals surface area contributed by atoms with Crippen LogP contribution < -0.4 is 0 Å². The molecule has 0 aliphatic rings. The molecule has 0 rings (SSSR count). The van der Waals surface area contributed by atoms with Crippen LogP contribution in [0.5, 0.6) is 0 Å². The van der Waals surface area contributed by atoms with Gasteiger partial charge in [-0.15, -0.1) is 0 Å². The number of hydrogen-bond acceptors (Lipinski definition) is 3. The van der Waals surface area contributed by atoms with Crippen LogP contribution in [0.2, 0.25) is 0 Å². The third kappa shape index (κ3) is 8.36. The Morgan fingerprint density at radius 1 is 1.78 bits per heavy atom. The quantitative estimate of drug-likeness (QED) is 0.324. The van der Waals surface area contributed by atoms with Gasteiger partial charge in [0.15, 0.2) is 0 Å². The molecule has 0 N–H and O–H groups in total. The molecule has 2 nitrogen and oxygen atoms in total. The number of thiol groups is 1. The molecular weight excluding hydrogens is 243 g/mol. The van der Waals surface area contributed by atoms with Gasteiger partial charge < -0.3 is 4.74 Å². The summed E-state index contributed by atoms with van der Waals surface area (Å²) in [6, 6.07) is 0. The average Bonchev–Trinajstić information content (AvgIpc) is 1.83. The summed E-state index contributed by atoms with van der Waals surface area (Å²) in [6.07, 6.45) is 1.52. The van der Waals surface area contributed by atoms with Crippen LogP contribution in [0.3, 0.4) is 0 Å². The first-order chi connectivity index (χ1) is 3.81. The van der Waals surface area contributed by atoms with Gasteiger partial charge in [-0.05, 0) is 0 Å². The summed E-state index contributed by atoms with van der Waals surface area (Å²) in [7, 11) is 0. The van der Waals surface area contributed by atoms with Gasteiger partial charge in [0.25, 0.3) is 0 Å². The van der Waals surface area contributed by atoms with E-state index < -0.39 is 0 Å². The summed E-state index contributed by atoms with van der Waals surface area (Å²) in [6.45, 7) is 3.64. The van der Waals surface area contributed by atoms with Crippen molar-refractivity contribution < 1.29 is 9.53 Å². The molecule has 0 aliphatic carbocycles. The van der Waals surface area contributed by atoms with Gasteiger partial charge in [0.2, 0.25) is 0 Å². The molecule has 0 heterocycles. The fourth-order valence-corrected chi connectivity index (χ4v) is 0.289. The molecule has 0 spiro atoms. The third-order valence-electron chi connectivity index (χ3n) is 0.491. The SMILES string of the molecule is C=CCOC(=O)CS.[SnH2]. The van der Waals surface area contributed by atoms with Crippen LogP contribution in [-0.4, -0.2) is 42.2 Å². The maximum atomic E-state index is 10.2. The Morgan fingerprint density at radius 2 is 2.33 bits per heavy atom. The van der Waals surface area contributed by atoms with E-state index in [4.69, 9.17) is 0 Å². The van der Waals surface area contributed by atoms with E-state index in [0.29, 0.717) is 0 Å². The van der Waals surface area contributed by atoms with Crippen molar-refractivity contribution in [1.29, 1.82) is 0 Å². The van der Waals surface area contributed by atoms with Crippen LogP contribution in [0.25, 0.3) is 0 Å². The standard InChI is InChI=1S/C5H8O2S.Sn.2H/c1-2-3-7-5(6)4-8;;;/h2,8H,1,3-4H2;;;. The molecule has 0 amide bonds. The van der Waals surface area contributed by atoms with E-state index in [-0.39, 0.29) is 42.2 Å². The molecular formula is C5H10O2SSn. The summed E-state index contributed by atoms with van der Waals surface area (Å²) < 4.78 is 4.51. The monoisotopic (exact) mass is 254 g/mol. The third-order valence-corrected chi connectivity index (χ3v) is 0.749. The van der Waals surface area contributed by atoms with Gasteiger partial charge in [-0.1, -0.05) is 12.7 Å². The predicted octanol–water partition coefficient (Wildman–Crippen LogP) is -0.271. The number of carbonyl (C=O) groups is 1. The van der Waals surface area contributed by atoms with Crippen molar-refractivity contribution >= 4 is 42.5 Å². The molecule has 52 valence electrons. The molecule has 0 saturated heterocycles. The molecule has 2 radical (unpaired) electrons. The Hall–Kier alpha value is 0.359. The number of esters is 1. The minimum absolute atomic E-state index is 0. The van der Waals surface area contributed by atoms with Gasteiger partial charge >= 0.3 is 29.9 Å². The molecule has 0 aliphatic heterocycles. The van der Waals surface area contributed by atoms with Gasteiger partial charge in [0.1, 0.15) is 6.61 Å². The topological polar surface area (TPSA) is 26.3 Å². The van der Waals surface area contributed by atoms with E-state index >= 15 is 0 Å². The second-order valence-electron chi connectivity index (χ2n) is 1.13. The maximum absolute atomic E-state index is 10.2. The minimum atomic E-state index is -0.312. The summed E-state index contributed by atoms with van der Waals surface area (Å²) in [5.41, 5.74) is 0. The number of hydrogen-bond donors (Lipinski definition) is 1. The fraction of sp³-hybridized carbons (Fsp3) is 0.400. The first-order valence-corrected chi connectivity index (χ1v) is 2.82. The molecule has 0 atom stereocenters. The van der Waals surface area contributed by atoms with Crippen molar-refractivity contribution in [2.75, 3.05) is 12.4 Å². The summed E-state index contributed by atoms with van der Waals surface area (Å²) in [5.74, 6) is -0.179. The second kappa shape index (κ2) is 8.36. The van der Waals surface area contributed by atoms with E-state index in [1.807, 2.05) is 0 Å². The van der Waals surface area contributed by atoms with Crippen LogP contribution in [-0.2, 0) is 9.53 Å². The van der Waals surface area contributed by atoms with E-state index in [1.54, 1.807) is 0 Å². The van der Waals surface area contributed by atoms with E-state index in [2.05, 4.69) is 23.9 Å². The van der Waals surface area contributed by atoms with Gasteiger partial charge in [-0.25, -0.2) is 0 Å². The number of rotatable bonds is 3. The van der Waals surface area contributed by atoms with Crippen LogP contribution >= 0.6 is 12.6 Å². The van der Waals surface area contributed by atoms with Crippen molar-refractivity contribution in [1.82, 2.24) is 0 Å². The zero-order valence-corrected chi connectivity index (χ0v) is 10.1. The van der Waals surface area contributed by atoms with Crippen LogP contribution in [0, 0.1) is 0 Å². The van der Waals surface area contributed by atoms with Crippen molar-refractivity contribution in [3.63, 3.8) is 0 Å². The molecule has 0 aromatic carbocycles. The Kier molecular flexibility index (Phi) is 11.2. The normalized spacial score (nSPS) is 7.22. The molecule has 4 heteroatoms. The zero-order valence-electron chi connectivity index (χ0n) is 5.17. The number of ether oxygens (including phenoxy) is 1. The van der Waals surface area contributed by atoms with Crippen molar-refractivity contribution in [3.8, 4) is 0 Å². The fourth-order valence-electron chi connectivity index (χ4n) is 0.198. The number of carbonyl (C=O) groups excluding carboxylic acids is 1. The van der Waals surface area contributed by atoms with Gasteiger partial charge in [0, 0.05) is 0 Å².